The predicted molar refractivity (Wildman–Crippen MR) is 106 cm³/mol. The molecule has 2 N–H and O–H groups in total. The Morgan fingerprint density at radius 1 is 0.706 bits per heavy atom. The van der Waals surface area contributed by atoms with Crippen LogP contribution in [0.3, 0.4) is 0 Å². The fourth-order valence-corrected chi connectivity index (χ4v) is 3.41. The molecule has 0 aliphatic rings. The van der Waals surface area contributed by atoms with Crippen LogP contribution in [0.15, 0.2) is 72.8 Å². The molecule has 0 bridgehead atoms. The highest BCUT2D eigenvalue weighted by Gasteiger charge is 2.72. The predicted octanol–water partition coefficient (Wildman–Crippen LogP) is 5.72. The Morgan fingerprint density at radius 3 is 1.65 bits per heavy atom. The molecule has 0 heterocycles. The van der Waals surface area contributed by atoms with Crippen molar-refractivity contribution >= 4 is 11.9 Å². The van der Waals surface area contributed by atoms with Crippen LogP contribution in [0.5, 0.6) is 11.5 Å². The largest absolute Gasteiger partial charge is 0.508 e. The number of carbonyl (C=O) groups is 2. The fourth-order valence-electron chi connectivity index (χ4n) is 3.41. The number of aromatic hydroxyl groups is 1. The molecule has 3 aromatic carbocycles. The van der Waals surface area contributed by atoms with E-state index in [1.165, 1.54) is 18.2 Å². The van der Waals surface area contributed by atoms with E-state index in [-0.39, 0.29) is 16.9 Å². The minimum atomic E-state index is -5.82. The number of carboxylic acids is 1. The van der Waals surface area contributed by atoms with E-state index < -0.39 is 46.6 Å². The minimum absolute atomic E-state index is 0.187. The Hall–Kier alpha value is -4.02. The quantitative estimate of drug-likeness (QED) is 0.275. The van der Waals surface area contributed by atoms with Gasteiger partial charge in [-0.3, -0.25) is 0 Å². The summed E-state index contributed by atoms with van der Waals surface area (Å²) in [5.41, 5.74) is -7.19. The highest BCUT2D eigenvalue weighted by molar-refractivity contribution is 5.95. The van der Waals surface area contributed by atoms with Crippen molar-refractivity contribution in [3.05, 3.63) is 95.1 Å². The van der Waals surface area contributed by atoms with E-state index in [4.69, 9.17) is 9.84 Å². The molecule has 0 saturated carbocycles. The Balaban J connectivity index is 2.02. The van der Waals surface area contributed by atoms with E-state index in [9.17, 15) is 41.0 Å². The van der Waals surface area contributed by atoms with Crippen molar-refractivity contribution in [1.82, 2.24) is 0 Å². The molecule has 0 spiro atoms. The molecule has 0 atom stereocenters. The number of alkyl halides is 6. The van der Waals surface area contributed by atoms with Gasteiger partial charge in [0.2, 0.25) is 5.41 Å². The van der Waals surface area contributed by atoms with Crippen molar-refractivity contribution in [3.63, 3.8) is 0 Å². The molecule has 0 radical (unpaired) electrons. The lowest BCUT2D eigenvalue weighted by atomic mass is 9.73. The van der Waals surface area contributed by atoms with E-state index in [1.807, 2.05) is 0 Å². The zero-order valence-electron chi connectivity index (χ0n) is 16.8. The SMILES string of the molecule is O=C(O)c1cccc(C(=O)Oc2ccc(C(c3ccc(O)cc3)(C(F)(F)F)C(F)(F)F)cc2)c1. The molecule has 3 aromatic rings. The molecular formula is C23H14F6O5. The zero-order chi connectivity index (χ0) is 25.3. The summed E-state index contributed by atoms with van der Waals surface area (Å²) in [5, 5.41) is 18.3. The van der Waals surface area contributed by atoms with Crippen LogP contribution in [-0.4, -0.2) is 34.5 Å². The van der Waals surface area contributed by atoms with Crippen LogP contribution in [0.2, 0.25) is 0 Å². The van der Waals surface area contributed by atoms with Gasteiger partial charge in [0, 0.05) is 0 Å². The van der Waals surface area contributed by atoms with Crippen LogP contribution in [0.25, 0.3) is 0 Å². The summed E-state index contributed by atoms with van der Waals surface area (Å²) in [5.74, 6) is -3.26. The van der Waals surface area contributed by atoms with Gasteiger partial charge in [-0.2, -0.15) is 26.3 Å². The minimum Gasteiger partial charge on any atom is -0.508 e. The molecule has 0 aliphatic carbocycles. The summed E-state index contributed by atoms with van der Waals surface area (Å²) in [6.07, 6.45) is -11.6. The molecule has 0 fully saturated rings. The van der Waals surface area contributed by atoms with Crippen molar-refractivity contribution in [2.75, 3.05) is 0 Å². The number of phenols is 1. The highest BCUT2D eigenvalue weighted by atomic mass is 19.4. The second-order valence-electron chi connectivity index (χ2n) is 7.09. The third-order valence-corrected chi connectivity index (χ3v) is 4.99. The first kappa shape index (κ1) is 24.6. The molecule has 0 aliphatic heterocycles. The zero-order valence-corrected chi connectivity index (χ0v) is 16.8. The van der Waals surface area contributed by atoms with Crippen molar-refractivity contribution in [2.45, 2.75) is 17.8 Å². The number of benzene rings is 3. The van der Waals surface area contributed by atoms with E-state index in [1.54, 1.807) is 0 Å². The second-order valence-corrected chi connectivity index (χ2v) is 7.09. The lowest BCUT2D eigenvalue weighted by Gasteiger charge is -2.38. The standard InChI is InChI=1S/C23H14F6O5/c24-22(25,26)21(23(27,28)29,15-4-8-17(30)9-5-15)16-6-10-18(11-7-16)34-20(33)14-3-1-2-13(12-14)19(31)32/h1-12,30H,(H,31,32). The number of esters is 1. The van der Waals surface area contributed by atoms with E-state index in [0.717, 1.165) is 18.2 Å². The van der Waals surface area contributed by atoms with Crippen molar-refractivity contribution in [2.24, 2.45) is 0 Å². The van der Waals surface area contributed by atoms with Gasteiger partial charge in [-0.1, -0.05) is 30.3 Å². The Kier molecular flexibility index (Phi) is 6.32. The van der Waals surface area contributed by atoms with Gasteiger partial charge in [-0.25, -0.2) is 9.59 Å². The monoisotopic (exact) mass is 484 g/mol. The Labute approximate surface area is 187 Å². The number of rotatable bonds is 5. The van der Waals surface area contributed by atoms with Gasteiger partial charge in [0.15, 0.2) is 0 Å². The van der Waals surface area contributed by atoms with Crippen LogP contribution in [0.4, 0.5) is 26.3 Å². The average Bonchev–Trinajstić information content (AvgIpc) is 2.74. The Bertz CT molecular complexity index is 1180. The average molecular weight is 484 g/mol. The highest BCUT2D eigenvalue weighted by Crippen LogP contribution is 2.56. The van der Waals surface area contributed by atoms with E-state index in [2.05, 4.69) is 0 Å². The number of hydrogen-bond acceptors (Lipinski definition) is 4. The lowest BCUT2D eigenvalue weighted by Crippen LogP contribution is -2.54. The summed E-state index contributed by atoms with van der Waals surface area (Å²) in [4.78, 5) is 23.3. The molecule has 0 unspecified atom stereocenters. The number of halogens is 6. The van der Waals surface area contributed by atoms with Crippen molar-refractivity contribution in [3.8, 4) is 11.5 Å². The molecule has 34 heavy (non-hydrogen) atoms. The number of carbonyl (C=O) groups excluding carboxylic acids is 1. The number of phenolic OH excluding ortho intramolecular Hbond substituents is 1. The van der Waals surface area contributed by atoms with E-state index in [0.29, 0.717) is 36.4 Å². The van der Waals surface area contributed by atoms with Crippen LogP contribution in [-0.2, 0) is 5.41 Å². The van der Waals surface area contributed by atoms with Crippen molar-refractivity contribution < 1.29 is 50.9 Å². The van der Waals surface area contributed by atoms with Gasteiger partial charge in [-0.15, -0.1) is 0 Å². The molecule has 0 saturated heterocycles. The van der Waals surface area contributed by atoms with Crippen LogP contribution >= 0.6 is 0 Å². The van der Waals surface area contributed by atoms with E-state index >= 15 is 0 Å². The normalized spacial score (nSPS) is 12.3. The third kappa shape index (κ3) is 4.41. The maximum absolute atomic E-state index is 14.1. The van der Waals surface area contributed by atoms with Crippen LogP contribution in [0, 0.1) is 0 Å². The molecule has 178 valence electrons. The van der Waals surface area contributed by atoms with Crippen LogP contribution < -0.4 is 4.74 Å². The van der Waals surface area contributed by atoms with Crippen molar-refractivity contribution in [1.29, 1.82) is 0 Å². The van der Waals surface area contributed by atoms with Gasteiger partial charge in [0.25, 0.3) is 0 Å². The first-order valence-corrected chi connectivity index (χ1v) is 9.36. The first-order valence-electron chi connectivity index (χ1n) is 9.36. The maximum Gasteiger partial charge on any atom is 0.411 e. The topological polar surface area (TPSA) is 83.8 Å². The first-order chi connectivity index (χ1) is 15.8. The summed E-state index contributed by atoms with van der Waals surface area (Å²) >= 11 is 0. The molecule has 11 heteroatoms. The summed E-state index contributed by atoms with van der Waals surface area (Å²) in [6.45, 7) is 0. The number of hydrogen-bond donors (Lipinski definition) is 2. The second kappa shape index (κ2) is 8.73. The Morgan fingerprint density at radius 2 is 1.18 bits per heavy atom. The molecule has 0 amide bonds. The van der Waals surface area contributed by atoms with Crippen LogP contribution in [0.1, 0.15) is 31.8 Å². The molecule has 5 nitrogen and oxygen atoms in total. The maximum atomic E-state index is 14.1. The van der Waals surface area contributed by atoms with Gasteiger partial charge < -0.3 is 14.9 Å². The number of ether oxygens (including phenoxy) is 1. The fraction of sp³-hybridized carbons (Fsp3) is 0.130. The molecule has 3 rings (SSSR count). The third-order valence-electron chi connectivity index (χ3n) is 4.99. The number of aromatic carboxylic acids is 1. The smallest absolute Gasteiger partial charge is 0.411 e. The summed E-state index contributed by atoms with van der Waals surface area (Å²) < 4.78 is 89.3. The molecular weight excluding hydrogens is 470 g/mol. The van der Waals surface area contributed by atoms with Gasteiger partial charge >= 0.3 is 24.3 Å². The van der Waals surface area contributed by atoms with Gasteiger partial charge in [0.1, 0.15) is 11.5 Å². The van der Waals surface area contributed by atoms with Gasteiger partial charge in [0.05, 0.1) is 11.1 Å². The summed E-state index contributed by atoms with van der Waals surface area (Å²) in [7, 11) is 0. The lowest BCUT2D eigenvalue weighted by molar-refractivity contribution is -0.288. The molecule has 0 aromatic heterocycles. The summed E-state index contributed by atoms with van der Waals surface area (Å²) in [6, 6.07) is 9.78. The number of carboxylic acid groups (broad SMARTS) is 1. The van der Waals surface area contributed by atoms with Gasteiger partial charge in [-0.05, 0) is 53.6 Å².